The molecule has 4 atom stereocenters. The van der Waals surface area contributed by atoms with Gasteiger partial charge in [0.2, 0.25) is 17.7 Å². The van der Waals surface area contributed by atoms with Crippen LogP contribution in [-0.2, 0) is 36.8 Å². The first-order valence-corrected chi connectivity index (χ1v) is 15.1. The van der Waals surface area contributed by atoms with E-state index >= 15 is 0 Å². The molecule has 0 fully saturated rings. The van der Waals surface area contributed by atoms with Crippen LogP contribution in [0.4, 0.5) is 9.18 Å². The number of nitrogens with one attached hydrogen (secondary N) is 5. The van der Waals surface area contributed by atoms with Gasteiger partial charge < -0.3 is 31.3 Å². The van der Waals surface area contributed by atoms with Crippen molar-refractivity contribution in [2.24, 2.45) is 5.92 Å². The van der Waals surface area contributed by atoms with Gasteiger partial charge in [-0.1, -0.05) is 62.4 Å². The first-order valence-electron chi connectivity index (χ1n) is 15.1. The highest BCUT2D eigenvalue weighted by molar-refractivity contribution is 5.93. The number of methoxy groups -OCH3 is 1. The summed E-state index contributed by atoms with van der Waals surface area (Å²) in [6.45, 7) is 3.89. The van der Waals surface area contributed by atoms with E-state index in [1.807, 2.05) is 30.3 Å². The Bertz CT molecular complexity index is 1350. The summed E-state index contributed by atoms with van der Waals surface area (Å²) in [5.41, 5.74) is 1.38. The molecule has 1 aliphatic heterocycles. The van der Waals surface area contributed by atoms with Gasteiger partial charge in [0, 0.05) is 19.0 Å². The van der Waals surface area contributed by atoms with Gasteiger partial charge in [-0.15, -0.1) is 0 Å². The summed E-state index contributed by atoms with van der Waals surface area (Å²) in [5, 5.41) is 13.7. The molecule has 5 N–H and O–H groups in total. The van der Waals surface area contributed by atoms with E-state index in [0.717, 1.165) is 5.56 Å². The van der Waals surface area contributed by atoms with Crippen molar-refractivity contribution in [2.45, 2.75) is 70.1 Å². The lowest BCUT2D eigenvalue weighted by molar-refractivity contribution is -0.144. The van der Waals surface area contributed by atoms with Gasteiger partial charge in [0.25, 0.3) is 0 Å². The first kappa shape index (κ1) is 34.7. The Morgan fingerprint density at radius 2 is 1.73 bits per heavy atom. The monoisotopic (exact) mass is 623 g/mol. The average molecular weight is 624 g/mol. The lowest BCUT2D eigenvalue weighted by Gasteiger charge is -2.26. The molecule has 2 aromatic carbocycles. The second-order valence-electron chi connectivity index (χ2n) is 11.3. The summed E-state index contributed by atoms with van der Waals surface area (Å²) >= 11 is 0. The normalized spacial score (nSPS) is 19.4. The maximum Gasteiger partial charge on any atom is 0.328 e. The predicted octanol–water partition coefficient (Wildman–Crippen LogP) is 2.30. The van der Waals surface area contributed by atoms with E-state index in [0.29, 0.717) is 24.9 Å². The molecule has 0 aromatic heterocycles. The third-order valence-corrected chi connectivity index (χ3v) is 7.32. The van der Waals surface area contributed by atoms with E-state index in [9.17, 15) is 28.4 Å². The number of rotatable bonds is 10. The van der Waals surface area contributed by atoms with Crippen LogP contribution in [-0.4, -0.2) is 67.5 Å². The molecular weight excluding hydrogens is 581 g/mol. The number of ether oxygens (including phenoxy) is 1. The summed E-state index contributed by atoms with van der Waals surface area (Å²) in [5.74, 6) is -2.70. The molecule has 2 aromatic rings. The topological polar surface area (TPSA) is 155 Å². The summed E-state index contributed by atoms with van der Waals surface area (Å²) in [4.78, 5) is 64.7. The summed E-state index contributed by atoms with van der Waals surface area (Å²) in [6.07, 6.45) is 4.56. The summed E-state index contributed by atoms with van der Waals surface area (Å²) in [7, 11) is 1.23. The molecule has 0 bridgehead atoms. The molecule has 12 heteroatoms. The fraction of sp³-hybridized carbons (Fsp3) is 0.424. The highest BCUT2D eigenvalue weighted by Gasteiger charge is 2.30. The number of carbonyl (C=O) groups excluding carboxylic acids is 5. The molecule has 5 amide bonds. The number of amides is 5. The van der Waals surface area contributed by atoms with Gasteiger partial charge in [0.15, 0.2) is 0 Å². The second kappa shape index (κ2) is 17.5. The van der Waals surface area contributed by atoms with Crippen LogP contribution in [0.5, 0.6) is 0 Å². The van der Waals surface area contributed by atoms with Crippen molar-refractivity contribution in [3.8, 4) is 0 Å². The largest absolute Gasteiger partial charge is 0.467 e. The van der Waals surface area contributed by atoms with Gasteiger partial charge in [0.1, 0.15) is 23.9 Å². The minimum absolute atomic E-state index is 0.121. The quantitative estimate of drug-likeness (QED) is 0.256. The molecule has 0 saturated carbocycles. The third kappa shape index (κ3) is 11.7. The smallest absolute Gasteiger partial charge is 0.328 e. The number of hydrogen-bond donors (Lipinski definition) is 5. The van der Waals surface area contributed by atoms with Crippen molar-refractivity contribution in [2.75, 3.05) is 13.7 Å². The van der Waals surface area contributed by atoms with E-state index in [1.165, 1.54) is 31.4 Å². The molecule has 0 radical (unpaired) electrons. The number of urea groups is 1. The minimum atomic E-state index is -1.09. The number of carbonyl (C=O) groups is 5. The molecule has 0 spiro atoms. The zero-order chi connectivity index (χ0) is 32.8. The zero-order valence-corrected chi connectivity index (χ0v) is 25.8. The van der Waals surface area contributed by atoms with Crippen LogP contribution in [0.1, 0.15) is 44.2 Å². The highest BCUT2D eigenvalue weighted by Crippen LogP contribution is 2.11. The lowest BCUT2D eigenvalue weighted by Crippen LogP contribution is -2.58. The fourth-order valence-electron chi connectivity index (χ4n) is 4.88. The van der Waals surface area contributed by atoms with Crippen molar-refractivity contribution in [3.05, 3.63) is 83.7 Å². The average Bonchev–Trinajstić information content (AvgIpc) is 3.00. The first-order chi connectivity index (χ1) is 21.5. The van der Waals surface area contributed by atoms with Crippen LogP contribution in [0.15, 0.2) is 66.7 Å². The van der Waals surface area contributed by atoms with E-state index < -0.39 is 53.8 Å². The predicted molar refractivity (Wildman–Crippen MR) is 166 cm³/mol. The molecule has 0 unspecified atom stereocenters. The maximum absolute atomic E-state index is 13.8. The molecule has 0 aliphatic carbocycles. The molecule has 1 heterocycles. The molecule has 11 nitrogen and oxygen atoms in total. The van der Waals surface area contributed by atoms with Crippen molar-refractivity contribution in [3.63, 3.8) is 0 Å². The fourth-order valence-corrected chi connectivity index (χ4v) is 4.88. The van der Waals surface area contributed by atoms with Crippen LogP contribution in [0.3, 0.4) is 0 Å². The molecular formula is C33H42FN5O6. The highest BCUT2D eigenvalue weighted by atomic mass is 19.1. The Hall–Kier alpha value is -4.74. The standard InChI is InChI=1S/C33H42FN5O6/c1-21(2)29(32(43)45-3)39-33(44)38-27(20-22-10-5-4-6-11-22)31(42)37-26-14-7-8-17-35-28(40)16-15-25(36-30(26)41)19-23-12-9-13-24(34)18-23/h4-6,9-13,15-16,18,21,25-27,29H,7-8,14,17,19-20H2,1-3H3,(H,35,40)(H,36,41)(H,37,42)(H2,38,39,44)/b16-15-/t25-,26+,27+,29+/m1/s1. The number of esters is 1. The number of halogens is 1. The van der Waals surface area contributed by atoms with Gasteiger partial charge in [-0.05, 0) is 54.9 Å². The molecule has 0 saturated heterocycles. The van der Waals surface area contributed by atoms with Gasteiger partial charge >= 0.3 is 12.0 Å². The van der Waals surface area contributed by atoms with Gasteiger partial charge in [-0.25, -0.2) is 14.0 Å². The molecule has 242 valence electrons. The number of benzene rings is 2. The Kier molecular flexibility index (Phi) is 13.5. The van der Waals surface area contributed by atoms with Gasteiger partial charge in [-0.2, -0.15) is 0 Å². The van der Waals surface area contributed by atoms with Crippen molar-refractivity contribution in [1.29, 1.82) is 0 Å². The Balaban J connectivity index is 1.81. The minimum Gasteiger partial charge on any atom is -0.467 e. The second-order valence-corrected chi connectivity index (χ2v) is 11.3. The van der Waals surface area contributed by atoms with E-state index in [1.54, 1.807) is 26.0 Å². The van der Waals surface area contributed by atoms with Gasteiger partial charge in [-0.3, -0.25) is 14.4 Å². The third-order valence-electron chi connectivity index (χ3n) is 7.32. The molecule has 1 aliphatic rings. The van der Waals surface area contributed by atoms with Crippen LogP contribution in [0.2, 0.25) is 0 Å². The Morgan fingerprint density at radius 1 is 1.00 bits per heavy atom. The Morgan fingerprint density at radius 3 is 2.42 bits per heavy atom. The lowest BCUT2D eigenvalue weighted by atomic mass is 10.0. The van der Waals surface area contributed by atoms with Crippen molar-refractivity contribution >= 4 is 29.7 Å². The molecule has 45 heavy (non-hydrogen) atoms. The van der Waals surface area contributed by atoms with E-state index in [-0.39, 0.29) is 31.1 Å². The van der Waals surface area contributed by atoms with Crippen molar-refractivity contribution < 1.29 is 33.1 Å². The van der Waals surface area contributed by atoms with Crippen LogP contribution >= 0.6 is 0 Å². The molecule has 3 rings (SSSR count). The zero-order valence-electron chi connectivity index (χ0n) is 25.8. The van der Waals surface area contributed by atoms with Crippen LogP contribution in [0.25, 0.3) is 0 Å². The van der Waals surface area contributed by atoms with E-state index in [2.05, 4.69) is 26.6 Å². The summed E-state index contributed by atoms with van der Waals surface area (Å²) < 4.78 is 18.6. The SMILES string of the molecule is COC(=O)[C@@H](NC(=O)N[C@@H](Cc1ccccc1)C(=O)N[C@H]1CCCCNC(=O)/C=C\[C@H](Cc2cccc(F)c2)NC1=O)C(C)C. The maximum atomic E-state index is 13.8. The Labute approximate surface area is 262 Å². The van der Waals surface area contributed by atoms with Crippen LogP contribution < -0.4 is 26.6 Å². The van der Waals surface area contributed by atoms with Crippen LogP contribution in [0, 0.1) is 11.7 Å². The summed E-state index contributed by atoms with van der Waals surface area (Å²) in [6, 6.07) is 10.6. The van der Waals surface area contributed by atoms with Crippen molar-refractivity contribution in [1.82, 2.24) is 26.6 Å². The van der Waals surface area contributed by atoms with Gasteiger partial charge in [0.05, 0.1) is 13.2 Å². The van der Waals surface area contributed by atoms with E-state index in [4.69, 9.17) is 4.74 Å². The number of hydrogen-bond acceptors (Lipinski definition) is 6.